The van der Waals surface area contributed by atoms with Crippen LogP contribution in [0.25, 0.3) is 10.6 Å². The lowest BCUT2D eigenvalue weighted by molar-refractivity contribution is -0.121. The summed E-state index contributed by atoms with van der Waals surface area (Å²) in [6.45, 7) is 1.91. The van der Waals surface area contributed by atoms with Crippen LogP contribution in [0.2, 0.25) is 0 Å². The van der Waals surface area contributed by atoms with Crippen molar-refractivity contribution in [1.82, 2.24) is 15.3 Å². The van der Waals surface area contributed by atoms with Gasteiger partial charge in [0.05, 0.1) is 32.4 Å². The number of carbonyl (C=O) groups excluding carboxylic acids is 1. The number of aromatic nitrogens is 2. The molecule has 0 bridgehead atoms. The molecule has 7 heteroatoms. The summed E-state index contributed by atoms with van der Waals surface area (Å²) in [5.74, 6) is 1.32. The Morgan fingerprint density at radius 2 is 2.11 bits per heavy atom. The highest BCUT2D eigenvalue weighted by Gasteiger charge is 2.16. The van der Waals surface area contributed by atoms with Crippen molar-refractivity contribution in [3.63, 3.8) is 0 Å². The molecular formula is C20H21N3O3S. The van der Waals surface area contributed by atoms with E-state index in [9.17, 15) is 4.79 Å². The van der Waals surface area contributed by atoms with Crippen LogP contribution in [0.15, 0.2) is 48.1 Å². The first-order valence-corrected chi connectivity index (χ1v) is 9.34. The molecule has 0 spiro atoms. The number of nitrogens with one attached hydrogen (secondary N) is 1. The molecule has 2 aromatic heterocycles. The summed E-state index contributed by atoms with van der Waals surface area (Å²) in [6.07, 6.45) is 3.70. The molecule has 1 N–H and O–H groups in total. The molecule has 27 heavy (non-hydrogen) atoms. The van der Waals surface area contributed by atoms with Gasteiger partial charge in [-0.3, -0.25) is 9.78 Å². The predicted molar refractivity (Wildman–Crippen MR) is 105 cm³/mol. The van der Waals surface area contributed by atoms with Gasteiger partial charge >= 0.3 is 0 Å². The smallest absolute Gasteiger partial charge is 0.226 e. The van der Waals surface area contributed by atoms with E-state index < -0.39 is 0 Å². The lowest BCUT2D eigenvalue weighted by atomic mass is 10.1. The van der Waals surface area contributed by atoms with Crippen LogP contribution in [-0.4, -0.2) is 30.1 Å². The standard InChI is InChI=1S/C20H21N3O3S/c1-13(17-10-16(25-2)6-7-18(17)26-3)22-19(24)9-15-12-27-20(23-15)14-5-4-8-21-11-14/h4-8,10-13H,9H2,1-3H3,(H,22,24). The number of pyridine rings is 1. The van der Waals surface area contributed by atoms with Crippen molar-refractivity contribution in [2.45, 2.75) is 19.4 Å². The molecule has 0 radical (unpaired) electrons. The van der Waals surface area contributed by atoms with Gasteiger partial charge in [-0.05, 0) is 37.3 Å². The van der Waals surface area contributed by atoms with E-state index in [1.54, 1.807) is 26.6 Å². The van der Waals surface area contributed by atoms with Crippen molar-refractivity contribution >= 4 is 17.2 Å². The summed E-state index contributed by atoms with van der Waals surface area (Å²) in [4.78, 5) is 21.1. The van der Waals surface area contributed by atoms with E-state index >= 15 is 0 Å². The number of carbonyl (C=O) groups is 1. The average molecular weight is 383 g/mol. The number of methoxy groups -OCH3 is 2. The number of benzene rings is 1. The molecule has 0 fully saturated rings. The molecule has 1 atom stereocenters. The third-order valence-corrected chi connectivity index (χ3v) is 5.02. The number of ether oxygens (including phenoxy) is 2. The molecule has 0 saturated heterocycles. The molecule has 1 aromatic carbocycles. The molecule has 1 amide bonds. The minimum absolute atomic E-state index is 0.101. The van der Waals surface area contributed by atoms with Crippen molar-refractivity contribution in [3.05, 3.63) is 59.4 Å². The van der Waals surface area contributed by atoms with Crippen LogP contribution in [-0.2, 0) is 11.2 Å². The Balaban J connectivity index is 1.67. The van der Waals surface area contributed by atoms with Gasteiger partial charge < -0.3 is 14.8 Å². The van der Waals surface area contributed by atoms with Crippen molar-refractivity contribution < 1.29 is 14.3 Å². The van der Waals surface area contributed by atoms with Crippen LogP contribution < -0.4 is 14.8 Å². The zero-order valence-corrected chi connectivity index (χ0v) is 16.2. The number of thiazole rings is 1. The second-order valence-corrected chi connectivity index (χ2v) is 6.82. The van der Waals surface area contributed by atoms with E-state index in [2.05, 4.69) is 15.3 Å². The number of nitrogens with zero attached hydrogens (tertiary/aromatic N) is 2. The first-order valence-electron chi connectivity index (χ1n) is 8.46. The van der Waals surface area contributed by atoms with Crippen LogP contribution in [0.5, 0.6) is 11.5 Å². The Kier molecular flexibility index (Phi) is 6.03. The van der Waals surface area contributed by atoms with E-state index in [1.807, 2.05) is 42.6 Å². The average Bonchev–Trinajstić information content (AvgIpc) is 3.16. The van der Waals surface area contributed by atoms with Crippen molar-refractivity contribution in [2.24, 2.45) is 0 Å². The summed E-state index contributed by atoms with van der Waals surface area (Å²) in [7, 11) is 3.21. The quantitative estimate of drug-likeness (QED) is 0.674. The lowest BCUT2D eigenvalue weighted by Crippen LogP contribution is -2.28. The molecule has 3 aromatic rings. The second-order valence-electron chi connectivity index (χ2n) is 5.96. The molecule has 0 saturated carbocycles. The van der Waals surface area contributed by atoms with E-state index in [4.69, 9.17) is 9.47 Å². The maximum atomic E-state index is 12.5. The summed E-state index contributed by atoms with van der Waals surface area (Å²) in [5, 5.41) is 5.75. The van der Waals surface area contributed by atoms with Crippen LogP contribution >= 0.6 is 11.3 Å². The molecular weight excluding hydrogens is 362 g/mol. The number of amides is 1. The zero-order valence-electron chi connectivity index (χ0n) is 15.4. The van der Waals surface area contributed by atoms with Crippen LogP contribution in [0.4, 0.5) is 0 Å². The topological polar surface area (TPSA) is 73.3 Å². The summed E-state index contributed by atoms with van der Waals surface area (Å²) < 4.78 is 10.7. The molecule has 2 heterocycles. The first-order chi connectivity index (χ1) is 13.1. The number of hydrogen-bond acceptors (Lipinski definition) is 6. The van der Waals surface area contributed by atoms with Crippen LogP contribution in [0.1, 0.15) is 24.2 Å². The molecule has 0 aliphatic rings. The van der Waals surface area contributed by atoms with Gasteiger partial charge in [0.15, 0.2) is 0 Å². The lowest BCUT2D eigenvalue weighted by Gasteiger charge is -2.18. The van der Waals surface area contributed by atoms with Gasteiger partial charge in [0.1, 0.15) is 16.5 Å². The van der Waals surface area contributed by atoms with Gasteiger partial charge in [0.2, 0.25) is 5.91 Å². The predicted octanol–water partition coefficient (Wildman–Crippen LogP) is 3.64. The number of rotatable bonds is 7. The third-order valence-electron chi connectivity index (χ3n) is 4.08. The largest absolute Gasteiger partial charge is 0.497 e. The Hall–Kier alpha value is -2.93. The SMILES string of the molecule is COc1ccc(OC)c(C(C)NC(=O)Cc2csc(-c3cccnc3)n2)c1. The summed E-state index contributed by atoms with van der Waals surface area (Å²) >= 11 is 1.50. The Labute approximate surface area is 162 Å². The molecule has 6 nitrogen and oxygen atoms in total. The van der Waals surface area contributed by atoms with Crippen molar-refractivity contribution in [3.8, 4) is 22.1 Å². The summed E-state index contributed by atoms with van der Waals surface area (Å²) in [5.41, 5.74) is 2.55. The maximum absolute atomic E-state index is 12.5. The highest BCUT2D eigenvalue weighted by molar-refractivity contribution is 7.13. The van der Waals surface area contributed by atoms with Gasteiger partial charge in [0.25, 0.3) is 0 Å². The Morgan fingerprint density at radius 1 is 1.26 bits per heavy atom. The van der Waals surface area contributed by atoms with Crippen LogP contribution in [0, 0.1) is 0 Å². The molecule has 140 valence electrons. The highest BCUT2D eigenvalue weighted by atomic mass is 32.1. The minimum atomic E-state index is -0.223. The normalized spacial score (nSPS) is 11.7. The van der Waals surface area contributed by atoms with Gasteiger partial charge in [-0.15, -0.1) is 11.3 Å². The van der Waals surface area contributed by atoms with Gasteiger partial charge in [-0.1, -0.05) is 0 Å². The fourth-order valence-corrected chi connectivity index (χ4v) is 3.53. The third kappa shape index (κ3) is 4.62. The molecule has 0 aliphatic heterocycles. The fraction of sp³-hybridized carbons (Fsp3) is 0.250. The zero-order chi connectivity index (χ0) is 19.2. The maximum Gasteiger partial charge on any atom is 0.226 e. The van der Waals surface area contributed by atoms with Gasteiger partial charge in [-0.25, -0.2) is 4.98 Å². The summed E-state index contributed by atoms with van der Waals surface area (Å²) in [6, 6.07) is 9.12. The van der Waals surface area contributed by atoms with Gasteiger partial charge in [-0.2, -0.15) is 0 Å². The van der Waals surface area contributed by atoms with E-state index in [0.717, 1.165) is 21.8 Å². The van der Waals surface area contributed by atoms with Crippen molar-refractivity contribution in [2.75, 3.05) is 14.2 Å². The Morgan fingerprint density at radius 3 is 2.81 bits per heavy atom. The molecule has 0 aliphatic carbocycles. The molecule has 1 unspecified atom stereocenters. The monoisotopic (exact) mass is 383 g/mol. The van der Waals surface area contributed by atoms with E-state index in [0.29, 0.717) is 11.5 Å². The molecule has 3 rings (SSSR count). The van der Waals surface area contributed by atoms with Crippen molar-refractivity contribution in [1.29, 1.82) is 0 Å². The second kappa shape index (κ2) is 8.64. The minimum Gasteiger partial charge on any atom is -0.497 e. The highest BCUT2D eigenvalue weighted by Crippen LogP contribution is 2.29. The van der Waals surface area contributed by atoms with E-state index in [1.165, 1.54) is 11.3 Å². The van der Waals surface area contributed by atoms with Crippen LogP contribution in [0.3, 0.4) is 0 Å². The Bertz CT molecular complexity index is 912. The first kappa shape index (κ1) is 18.8. The van der Waals surface area contributed by atoms with Gasteiger partial charge in [0, 0.05) is 28.9 Å². The number of hydrogen-bond donors (Lipinski definition) is 1. The fourth-order valence-electron chi connectivity index (χ4n) is 2.72. The van der Waals surface area contributed by atoms with E-state index in [-0.39, 0.29) is 18.4 Å².